The Morgan fingerprint density at radius 3 is 1.62 bits per heavy atom. The Balaban J connectivity index is 1.10. The fourth-order valence-electron chi connectivity index (χ4n) is 12.3. The molecule has 13 rings (SSSR count). The summed E-state index contributed by atoms with van der Waals surface area (Å²) in [5.41, 5.74) is 18.5. The van der Waals surface area contributed by atoms with Crippen LogP contribution in [0.4, 0.5) is 17.1 Å². The zero-order chi connectivity index (χ0) is 43.6. The molecule has 1 nitrogen and oxygen atoms in total. The van der Waals surface area contributed by atoms with E-state index in [0.29, 0.717) is 0 Å². The number of hydrogen-bond acceptors (Lipinski definition) is 1. The summed E-state index contributed by atoms with van der Waals surface area (Å²) in [7, 11) is 0. The number of fused-ring (bicyclic) bond motifs is 11. The van der Waals surface area contributed by atoms with Gasteiger partial charge in [0.15, 0.2) is 0 Å². The first-order valence-corrected chi connectivity index (χ1v) is 23.8. The zero-order valence-corrected chi connectivity index (χ0v) is 37.0. The first-order valence-electron chi connectivity index (χ1n) is 23.8. The van der Waals surface area contributed by atoms with Crippen LogP contribution in [0.1, 0.15) is 65.8 Å². The number of anilines is 3. The van der Waals surface area contributed by atoms with Gasteiger partial charge in [0.1, 0.15) is 0 Å². The molecule has 66 heavy (non-hydrogen) atoms. The summed E-state index contributed by atoms with van der Waals surface area (Å²) < 4.78 is 0. The highest BCUT2D eigenvalue weighted by Gasteiger charge is 2.45. The van der Waals surface area contributed by atoms with Crippen LogP contribution < -0.4 is 15.3 Å². The Hall–Kier alpha value is -7.74. The van der Waals surface area contributed by atoms with Crippen molar-refractivity contribution in [2.24, 2.45) is 0 Å². The number of nitrogens with zero attached hydrogens (tertiary/aromatic N) is 1. The van der Waals surface area contributed by atoms with Crippen molar-refractivity contribution in [2.75, 3.05) is 4.90 Å². The highest BCUT2D eigenvalue weighted by molar-refractivity contribution is 6.11. The molecule has 1 unspecified atom stereocenters. The standard InChI is InChI=1S/C65H49N/c1-5-19-44(20-6-1)45-31-33-49(34-32-45)66(51-35-37-54-53-28-15-16-30-60(53)65(61(54)42-51)39-17-18-40-65)50-36-38-56-59(41-50)52-27-13-14-29-55(52)63-58(47-23-9-3-10-24-47)43-57(46-21-7-2-8-22-46)62(64(56)63)48-25-11-4-12-26-48/h1-16,19-38,41-42,57H,17-18,39-40,43H2. The maximum absolute atomic E-state index is 2.55. The third kappa shape index (κ3) is 6.14. The molecule has 0 N–H and O–H groups in total. The van der Waals surface area contributed by atoms with Crippen LogP contribution in [0.15, 0.2) is 231 Å². The molecule has 1 fully saturated rings. The molecule has 0 aliphatic heterocycles. The molecule has 314 valence electrons. The van der Waals surface area contributed by atoms with Crippen molar-refractivity contribution in [1.82, 2.24) is 0 Å². The van der Waals surface area contributed by atoms with Crippen LogP contribution in [-0.4, -0.2) is 0 Å². The molecule has 1 atom stereocenters. The predicted molar refractivity (Wildman–Crippen MR) is 277 cm³/mol. The van der Waals surface area contributed by atoms with E-state index >= 15 is 0 Å². The van der Waals surface area contributed by atoms with Crippen molar-refractivity contribution in [3.8, 4) is 22.3 Å². The van der Waals surface area contributed by atoms with Crippen molar-refractivity contribution in [1.29, 1.82) is 0 Å². The average Bonchev–Trinajstić information content (AvgIpc) is 4.00. The molecule has 0 radical (unpaired) electrons. The summed E-state index contributed by atoms with van der Waals surface area (Å²) in [5, 5.41) is 7.83. The van der Waals surface area contributed by atoms with Crippen LogP contribution in [0.25, 0.3) is 54.9 Å². The van der Waals surface area contributed by atoms with Crippen LogP contribution in [0.2, 0.25) is 0 Å². The monoisotopic (exact) mass is 843 g/mol. The van der Waals surface area contributed by atoms with Gasteiger partial charge in [0.2, 0.25) is 0 Å². The van der Waals surface area contributed by atoms with E-state index in [4.69, 9.17) is 0 Å². The molecule has 0 saturated heterocycles. The second kappa shape index (κ2) is 15.8. The summed E-state index contributed by atoms with van der Waals surface area (Å²) in [6, 6.07) is 86.5. The summed E-state index contributed by atoms with van der Waals surface area (Å²) in [6.45, 7) is 0. The lowest BCUT2D eigenvalue weighted by molar-refractivity contribution is 0.550. The molecular weight excluding hydrogens is 795 g/mol. The van der Waals surface area contributed by atoms with Gasteiger partial charge in [-0.15, -0.1) is 0 Å². The molecule has 3 aliphatic rings. The summed E-state index contributed by atoms with van der Waals surface area (Å²) in [6.07, 6.45) is 5.84. The molecule has 0 aromatic heterocycles. The van der Waals surface area contributed by atoms with Crippen molar-refractivity contribution >= 4 is 49.8 Å². The maximum atomic E-state index is 2.55. The molecule has 0 bridgehead atoms. The summed E-state index contributed by atoms with van der Waals surface area (Å²) >= 11 is 0. The van der Waals surface area contributed by atoms with E-state index in [0.717, 1.165) is 17.8 Å². The van der Waals surface area contributed by atoms with E-state index in [2.05, 4.69) is 235 Å². The Labute approximate surface area is 387 Å². The summed E-state index contributed by atoms with van der Waals surface area (Å²) in [4.78, 5) is 2.52. The molecule has 0 heterocycles. The molecule has 10 aromatic rings. The first kappa shape index (κ1) is 38.7. The van der Waals surface area contributed by atoms with Crippen LogP contribution in [0.5, 0.6) is 0 Å². The fraction of sp³-hybridized carbons (Fsp3) is 0.108. The van der Waals surface area contributed by atoms with Crippen LogP contribution in [0.3, 0.4) is 0 Å². The van der Waals surface area contributed by atoms with Gasteiger partial charge in [0.25, 0.3) is 0 Å². The highest BCUT2D eigenvalue weighted by Crippen LogP contribution is 2.58. The molecular formula is C65H49N. The third-order valence-electron chi connectivity index (χ3n) is 15.2. The third-order valence-corrected chi connectivity index (χ3v) is 15.2. The zero-order valence-electron chi connectivity index (χ0n) is 37.0. The minimum atomic E-state index is 0.0648. The largest absolute Gasteiger partial charge is 0.310 e. The van der Waals surface area contributed by atoms with Crippen molar-refractivity contribution < 1.29 is 0 Å². The minimum absolute atomic E-state index is 0.0648. The van der Waals surface area contributed by atoms with Gasteiger partial charge < -0.3 is 4.90 Å². The van der Waals surface area contributed by atoms with E-state index in [1.165, 1.54) is 125 Å². The van der Waals surface area contributed by atoms with Gasteiger partial charge in [-0.1, -0.05) is 207 Å². The van der Waals surface area contributed by atoms with E-state index in [-0.39, 0.29) is 11.3 Å². The van der Waals surface area contributed by atoms with Gasteiger partial charge >= 0.3 is 0 Å². The molecule has 10 aromatic carbocycles. The quantitative estimate of drug-likeness (QED) is 0.145. The second-order valence-electron chi connectivity index (χ2n) is 18.6. The lowest BCUT2D eigenvalue weighted by Gasteiger charge is -2.31. The first-order chi connectivity index (χ1) is 32.7. The Kier molecular flexibility index (Phi) is 9.24. The SMILES string of the molecule is c1ccc(C2=c3c(c4ccc(N(c5ccc(-c6ccccc6)cc5)c5ccc6c(c5)C5(CCCC5)c5ccccc5-6)cc4c4ccccc34)=C(c3ccccc3)C(c3ccccc3)C2)cc1. The van der Waals surface area contributed by atoms with E-state index in [1.54, 1.807) is 0 Å². The Morgan fingerprint density at radius 1 is 0.364 bits per heavy atom. The van der Waals surface area contributed by atoms with Gasteiger partial charge in [-0.3, -0.25) is 0 Å². The summed E-state index contributed by atoms with van der Waals surface area (Å²) in [5.74, 6) is 0.165. The van der Waals surface area contributed by atoms with Gasteiger partial charge in [-0.2, -0.15) is 0 Å². The van der Waals surface area contributed by atoms with Gasteiger partial charge in [0, 0.05) is 28.4 Å². The van der Waals surface area contributed by atoms with Crippen molar-refractivity contribution in [2.45, 2.75) is 43.4 Å². The number of hydrogen-bond donors (Lipinski definition) is 0. The van der Waals surface area contributed by atoms with Crippen LogP contribution in [0, 0.1) is 0 Å². The van der Waals surface area contributed by atoms with E-state index in [1.807, 2.05) is 0 Å². The van der Waals surface area contributed by atoms with Crippen molar-refractivity contribution in [3.05, 3.63) is 269 Å². The second-order valence-corrected chi connectivity index (χ2v) is 18.6. The van der Waals surface area contributed by atoms with E-state index < -0.39 is 0 Å². The Bertz CT molecular complexity index is 3590. The fourth-order valence-corrected chi connectivity index (χ4v) is 12.3. The lowest BCUT2D eigenvalue weighted by atomic mass is 9.74. The van der Waals surface area contributed by atoms with E-state index in [9.17, 15) is 0 Å². The highest BCUT2D eigenvalue weighted by atomic mass is 15.1. The van der Waals surface area contributed by atoms with Gasteiger partial charge in [-0.25, -0.2) is 0 Å². The average molecular weight is 844 g/mol. The predicted octanol–water partition coefficient (Wildman–Crippen LogP) is 15.6. The molecule has 1 saturated carbocycles. The minimum Gasteiger partial charge on any atom is -0.310 e. The van der Waals surface area contributed by atoms with Gasteiger partial charge in [0.05, 0.1) is 0 Å². The van der Waals surface area contributed by atoms with Crippen LogP contribution in [-0.2, 0) is 5.41 Å². The molecule has 3 aliphatic carbocycles. The smallest absolute Gasteiger partial charge is 0.0468 e. The van der Waals surface area contributed by atoms with Crippen molar-refractivity contribution in [3.63, 3.8) is 0 Å². The number of benzene rings is 10. The molecule has 1 heteroatoms. The Morgan fingerprint density at radius 2 is 0.894 bits per heavy atom. The normalized spacial score (nSPS) is 15.8. The lowest BCUT2D eigenvalue weighted by Crippen LogP contribution is -2.37. The number of rotatable bonds is 7. The topological polar surface area (TPSA) is 3.24 Å². The van der Waals surface area contributed by atoms with Gasteiger partial charge in [-0.05, 0) is 149 Å². The van der Waals surface area contributed by atoms with Crippen LogP contribution >= 0.6 is 0 Å². The maximum Gasteiger partial charge on any atom is 0.0468 e. The molecule has 1 spiro atoms. The molecule has 0 amide bonds.